The Labute approximate surface area is 135 Å². The third kappa shape index (κ3) is 2.19. The summed E-state index contributed by atoms with van der Waals surface area (Å²) in [6.07, 6.45) is 2.62. The molecule has 3 aromatic rings. The molecule has 0 spiro atoms. The SMILES string of the molecule is NC[C@@]1(O)CC=c2ccccc2=C1c1cccc2ccccc12. The third-order valence-corrected chi connectivity index (χ3v) is 4.75. The number of benzene rings is 3. The molecule has 0 saturated carbocycles. The van der Waals surface area contributed by atoms with Crippen molar-refractivity contribution in [2.75, 3.05) is 6.54 Å². The molecule has 0 bridgehead atoms. The minimum atomic E-state index is -1.03. The van der Waals surface area contributed by atoms with Crippen LogP contribution in [-0.4, -0.2) is 17.3 Å². The van der Waals surface area contributed by atoms with Gasteiger partial charge in [0.2, 0.25) is 0 Å². The maximum Gasteiger partial charge on any atom is 0.106 e. The molecule has 1 aliphatic rings. The van der Waals surface area contributed by atoms with Gasteiger partial charge in [-0.1, -0.05) is 72.8 Å². The molecule has 0 unspecified atom stereocenters. The van der Waals surface area contributed by atoms with E-state index in [1.54, 1.807) is 0 Å². The highest BCUT2D eigenvalue weighted by Crippen LogP contribution is 2.33. The predicted octanol–water partition coefficient (Wildman–Crippen LogP) is 1.91. The minimum absolute atomic E-state index is 0.205. The van der Waals surface area contributed by atoms with Crippen molar-refractivity contribution in [3.05, 3.63) is 82.7 Å². The predicted molar refractivity (Wildman–Crippen MR) is 95.2 cm³/mol. The molecule has 1 atom stereocenters. The summed E-state index contributed by atoms with van der Waals surface area (Å²) in [5.74, 6) is 0. The van der Waals surface area contributed by atoms with Crippen LogP contribution >= 0.6 is 0 Å². The zero-order chi connectivity index (χ0) is 15.9. The van der Waals surface area contributed by atoms with Gasteiger partial charge in [0.05, 0.1) is 0 Å². The molecule has 4 rings (SSSR count). The summed E-state index contributed by atoms with van der Waals surface area (Å²) in [5, 5.41) is 15.8. The average Bonchev–Trinajstić information content (AvgIpc) is 2.61. The van der Waals surface area contributed by atoms with E-state index in [9.17, 15) is 5.11 Å². The molecule has 0 heterocycles. The van der Waals surface area contributed by atoms with Crippen molar-refractivity contribution in [3.8, 4) is 0 Å². The first-order valence-corrected chi connectivity index (χ1v) is 7.93. The molecular formula is C21H19NO. The van der Waals surface area contributed by atoms with E-state index in [1.807, 2.05) is 30.3 Å². The lowest BCUT2D eigenvalue weighted by Gasteiger charge is -2.32. The standard InChI is InChI=1S/C21H19NO/c22-14-21(23)13-12-16-7-2-4-10-18(16)20(21)19-11-5-8-15-6-1-3-9-17(15)19/h1-12,23H,13-14,22H2/t21-/m0/s1. The maximum atomic E-state index is 11.2. The first-order valence-electron chi connectivity index (χ1n) is 7.93. The van der Waals surface area contributed by atoms with Crippen molar-refractivity contribution in [1.82, 2.24) is 0 Å². The quantitative estimate of drug-likeness (QED) is 0.759. The fourth-order valence-electron chi connectivity index (χ4n) is 3.56. The second-order valence-electron chi connectivity index (χ2n) is 6.13. The van der Waals surface area contributed by atoms with Crippen LogP contribution in [0.3, 0.4) is 0 Å². The smallest absolute Gasteiger partial charge is 0.106 e. The summed E-state index contributed by atoms with van der Waals surface area (Å²) >= 11 is 0. The highest BCUT2D eigenvalue weighted by atomic mass is 16.3. The van der Waals surface area contributed by atoms with E-state index in [1.165, 1.54) is 5.39 Å². The van der Waals surface area contributed by atoms with Gasteiger partial charge in [0.25, 0.3) is 0 Å². The summed E-state index contributed by atoms with van der Waals surface area (Å²) in [6, 6.07) is 22.7. The second kappa shape index (κ2) is 5.34. The topological polar surface area (TPSA) is 46.2 Å². The number of fused-ring (bicyclic) bond motifs is 2. The van der Waals surface area contributed by atoms with Crippen molar-refractivity contribution in [1.29, 1.82) is 0 Å². The largest absolute Gasteiger partial charge is 0.383 e. The van der Waals surface area contributed by atoms with Crippen LogP contribution in [0.4, 0.5) is 0 Å². The lowest BCUT2D eigenvalue weighted by molar-refractivity contribution is 0.116. The van der Waals surface area contributed by atoms with Crippen molar-refractivity contribution >= 4 is 22.4 Å². The summed E-state index contributed by atoms with van der Waals surface area (Å²) in [7, 11) is 0. The monoisotopic (exact) mass is 301 g/mol. The molecule has 3 N–H and O–H groups in total. The number of aliphatic hydroxyl groups is 1. The van der Waals surface area contributed by atoms with Crippen LogP contribution < -0.4 is 16.2 Å². The van der Waals surface area contributed by atoms with Crippen LogP contribution in [0, 0.1) is 0 Å². The fraction of sp³-hybridized carbons (Fsp3) is 0.143. The van der Waals surface area contributed by atoms with Crippen molar-refractivity contribution in [3.63, 3.8) is 0 Å². The molecule has 0 aromatic heterocycles. The molecule has 2 nitrogen and oxygen atoms in total. The van der Waals surface area contributed by atoms with Crippen molar-refractivity contribution < 1.29 is 5.11 Å². The van der Waals surface area contributed by atoms with E-state index >= 15 is 0 Å². The van der Waals surface area contributed by atoms with E-state index in [4.69, 9.17) is 5.73 Å². The van der Waals surface area contributed by atoms with E-state index in [0.717, 1.165) is 27.0 Å². The highest BCUT2D eigenvalue weighted by Gasteiger charge is 2.33. The Morgan fingerprint density at radius 3 is 2.52 bits per heavy atom. The normalized spacial score (nSPS) is 20.2. The van der Waals surface area contributed by atoms with Gasteiger partial charge in [0.15, 0.2) is 0 Å². The Bertz CT molecular complexity index is 1000. The molecule has 3 aromatic carbocycles. The second-order valence-corrected chi connectivity index (χ2v) is 6.13. The first-order chi connectivity index (χ1) is 11.2. The van der Waals surface area contributed by atoms with Gasteiger partial charge in [-0.25, -0.2) is 0 Å². The molecule has 0 saturated heterocycles. The van der Waals surface area contributed by atoms with Gasteiger partial charge in [-0.15, -0.1) is 0 Å². The van der Waals surface area contributed by atoms with Crippen molar-refractivity contribution in [2.24, 2.45) is 5.73 Å². The van der Waals surface area contributed by atoms with Crippen LogP contribution in [0.15, 0.2) is 66.7 Å². The lowest BCUT2D eigenvalue weighted by Crippen LogP contribution is -2.47. The third-order valence-electron chi connectivity index (χ3n) is 4.75. The lowest BCUT2D eigenvalue weighted by atomic mass is 9.79. The van der Waals surface area contributed by atoms with Crippen molar-refractivity contribution in [2.45, 2.75) is 12.0 Å². The average molecular weight is 301 g/mol. The zero-order valence-electron chi connectivity index (χ0n) is 12.9. The van der Waals surface area contributed by atoms with Crippen LogP contribution in [0.2, 0.25) is 0 Å². The van der Waals surface area contributed by atoms with E-state index in [0.29, 0.717) is 6.42 Å². The Morgan fingerprint density at radius 2 is 1.65 bits per heavy atom. The van der Waals surface area contributed by atoms with Crippen LogP contribution in [-0.2, 0) is 0 Å². The first kappa shape index (κ1) is 14.2. The number of rotatable bonds is 2. The molecule has 2 heteroatoms. The van der Waals surface area contributed by atoms with Crippen LogP contribution in [0.1, 0.15) is 12.0 Å². The van der Waals surface area contributed by atoms with Gasteiger partial charge >= 0.3 is 0 Å². The number of hydrogen-bond donors (Lipinski definition) is 2. The van der Waals surface area contributed by atoms with Gasteiger partial charge in [-0.05, 0) is 26.8 Å². The molecular weight excluding hydrogens is 282 g/mol. The summed E-state index contributed by atoms with van der Waals surface area (Å²) in [4.78, 5) is 0. The maximum absolute atomic E-state index is 11.2. The Kier molecular flexibility index (Phi) is 3.29. The number of nitrogens with two attached hydrogens (primary N) is 1. The highest BCUT2D eigenvalue weighted by molar-refractivity contribution is 5.95. The molecule has 0 radical (unpaired) electrons. The van der Waals surface area contributed by atoms with Gasteiger partial charge < -0.3 is 10.8 Å². The van der Waals surface area contributed by atoms with Crippen LogP contribution in [0.25, 0.3) is 22.4 Å². The Hall–Kier alpha value is -2.42. The van der Waals surface area contributed by atoms with Gasteiger partial charge in [0.1, 0.15) is 5.60 Å². The fourth-order valence-corrected chi connectivity index (χ4v) is 3.56. The molecule has 0 fully saturated rings. The molecule has 114 valence electrons. The zero-order valence-corrected chi connectivity index (χ0v) is 12.9. The summed E-state index contributed by atoms with van der Waals surface area (Å²) in [6.45, 7) is 0.205. The minimum Gasteiger partial charge on any atom is -0.383 e. The summed E-state index contributed by atoms with van der Waals surface area (Å²) in [5.41, 5.74) is 6.95. The number of hydrogen-bond acceptors (Lipinski definition) is 2. The molecule has 0 amide bonds. The van der Waals surface area contributed by atoms with E-state index in [-0.39, 0.29) is 6.54 Å². The van der Waals surface area contributed by atoms with Gasteiger partial charge in [-0.2, -0.15) is 0 Å². The van der Waals surface area contributed by atoms with Gasteiger partial charge in [-0.3, -0.25) is 0 Å². The Balaban J connectivity index is 2.18. The summed E-state index contributed by atoms with van der Waals surface area (Å²) < 4.78 is 0. The van der Waals surface area contributed by atoms with Crippen LogP contribution in [0.5, 0.6) is 0 Å². The molecule has 0 aliphatic heterocycles. The molecule has 1 aliphatic carbocycles. The Morgan fingerprint density at radius 1 is 0.913 bits per heavy atom. The molecule has 23 heavy (non-hydrogen) atoms. The van der Waals surface area contributed by atoms with E-state index < -0.39 is 5.60 Å². The van der Waals surface area contributed by atoms with Gasteiger partial charge in [0, 0.05) is 18.5 Å². The van der Waals surface area contributed by atoms with E-state index in [2.05, 4.69) is 42.5 Å².